The van der Waals surface area contributed by atoms with Crippen molar-refractivity contribution >= 4 is 56.4 Å². The second kappa shape index (κ2) is 5.82. The van der Waals surface area contributed by atoms with Crippen LogP contribution < -0.4 is 11.1 Å². The minimum atomic E-state index is -0.288. The molecule has 0 aliphatic rings. The van der Waals surface area contributed by atoms with Gasteiger partial charge >= 0.3 is 0 Å². The van der Waals surface area contributed by atoms with Crippen molar-refractivity contribution in [2.24, 2.45) is 0 Å². The molecule has 2 aromatic carbocycles. The fourth-order valence-corrected chi connectivity index (χ4v) is 2.09. The predicted octanol–water partition coefficient (Wildman–Crippen LogP) is 4.59. The minimum Gasteiger partial charge on any atom is -0.397 e. The first kappa shape index (κ1) is 14.2. The van der Waals surface area contributed by atoms with Crippen LogP contribution in [0.3, 0.4) is 0 Å². The fourth-order valence-electron chi connectivity index (χ4n) is 1.48. The van der Waals surface area contributed by atoms with E-state index in [4.69, 9.17) is 28.9 Å². The van der Waals surface area contributed by atoms with Crippen LogP contribution in [0.5, 0.6) is 0 Å². The van der Waals surface area contributed by atoms with Crippen molar-refractivity contribution < 1.29 is 4.79 Å². The summed E-state index contributed by atoms with van der Waals surface area (Å²) in [4.78, 5) is 12.0. The number of amides is 1. The average molecular weight is 360 g/mol. The number of carbonyl (C=O) groups is 1. The Morgan fingerprint density at radius 2 is 1.89 bits per heavy atom. The SMILES string of the molecule is Nc1cc(Cl)ccc1NC(=O)c1ccc(Br)c(Cl)c1. The number of nitrogens with two attached hydrogens (primary N) is 1. The lowest BCUT2D eigenvalue weighted by Gasteiger charge is -2.09. The Kier molecular flexibility index (Phi) is 4.34. The molecule has 3 nitrogen and oxygen atoms in total. The second-order valence-electron chi connectivity index (χ2n) is 3.81. The molecule has 0 radical (unpaired) electrons. The van der Waals surface area contributed by atoms with Crippen LogP contribution in [0.2, 0.25) is 10.0 Å². The summed E-state index contributed by atoms with van der Waals surface area (Å²) in [7, 11) is 0. The van der Waals surface area contributed by atoms with E-state index in [0.717, 1.165) is 4.47 Å². The number of nitrogen functional groups attached to an aromatic ring is 1. The largest absolute Gasteiger partial charge is 0.397 e. The maximum Gasteiger partial charge on any atom is 0.255 e. The molecule has 19 heavy (non-hydrogen) atoms. The van der Waals surface area contributed by atoms with Gasteiger partial charge < -0.3 is 11.1 Å². The topological polar surface area (TPSA) is 55.1 Å². The van der Waals surface area contributed by atoms with Crippen molar-refractivity contribution in [2.45, 2.75) is 0 Å². The zero-order valence-corrected chi connectivity index (χ0v) is 12.7. The monoisotopic (exact) mass is 358 g/mol. The molecule has 2 aromatic rings. The second-order valence-corrected chi connectivity index (χ2v) is 5.51. The van der Waals surface area contributed by atoms with E-state index in [-0.39, 0.29) is 5.91 Å². The molecule has 0 aliphatic carbocycles. The maximum absolute atomic E-state index is 12.0. The van der Waals surface area contributed by atoms with Crippen LogP contribution in [0, 0.1) is 0 Å². The van der Waals surface area contributed by atoms with E-state index in [1.165, 1.54) is 0 Å². The number of hydrogen-bond acceptors (Lipinski definition) is 2. The van der Waals surface area contributed by atoms with E-state index in [1.807, 2.05) is 0 Å². The summed E-state index contributed by atoms with van der Waals surface area (Å²) in [5.41, 5.74) is 7.13. The van der Waals surface area contributed by atoms with Crippen molar-refractivity contribution in [3.05, 3.63) is 56.5 Å². The first-order chi connectivity index (χ1) is 8.97. The molecular weight excluding hydrogens is 351 g/mol. The Balaban J connectivity index is 2.23. The molecule has 1 amide bonds. The molecule has 0 saturated carbocycles. The van der Waals surface area contributed by atoms with Gasteiger partial charge in [-0.1, -0.05) is 23.2 Å². The van der Waals surface area contributed by atoms with Crippen LogP contribution in [-0.2, 0) is 0 Å². The quantitative estimate of drug-likeness (QED) is 0.770. The summed E-state index contributed by atoms with van der Waals surface area (Å²) < 4.78 is 0.733. The van der Waals surface area contributed by atoms with Crippen LogP contribution in [0.25, 0.3) is 0 Å². The van der Waals surface area contributed by atoms with Crippen molar-refractivity contribution in [3.8, 4) is 0 Å². The van der Waals surface area contributed by atoms with Gasteiger partial charge in [0.15, 0.2) is 0 Å². The minimum absolute atomic E-state index is 0.288. The lowest BCUT2D eigenvalue weighted by molar-refractivity contribution is 0.102. The van der Waals surface area contributed by atoms with Gasteiger partial charge in [-0.3, -0.25) is 4.79 Å². The van der Waals surface area contributed by atoms with Gasteiger partial charge in [-0.2, -0.15) is 0 Å². The highest BCUT2D eigenvalue weighted by atomic mass is 79.9. The molecule has 3 N–H and O–H groups in total. The third kappa shape index (κ3) is 3.41. The number of anilines is 2. The molecule has 0 spiro atoms. The Morgan fingerprint density at radius 3 is 2.53 bits per heavy atom. The Bertz CT molecular complexity index is 647. The van der Waals surface area contributed by atoms with Crippen molar-refractivity contribution in [1.29, 1.82) is 0 Å². The average Bonchev–Trinajstić information content (AvgIpc) is 2.36. The van der Waals surface area contributed by atoms with Gasteiger partial charge in [-0.05, 0) is 52.3 Å². The Labute approximate surface area is 128 Å². The molecule has 0 aliphatic heterocycles. The summed E-state index contributed by atoms with van der Waals surface area (Å²) in [5.74, 6) is -0.288. The zero-order chi connectivity index (χ0) is 14.0. The lowest BCUT2D eigenvalue weighted by atomic mass is 10.2. The third-order valence-corrected chi connectivity index (χ3v) is 3.91. The summed E-state index contributed by atoms with van der Waals surface area (Å²) in [6.07, 6.45) is 0. The number of benzene rings is 2. The van der Waals surface area contributed by atoms with Gasteiger partial charge in [0.2, 0.25) is 0 Å². The number of rotatable bonds is 2. The Hall–Kier alpha value is -1.23. The number of hydrogen-bond donors (Lipinski definition) is 2. The molecular formula is C13H9BrCl2N2O. The molecule has 0 bridgehead atoms. The highest BCUT2D eigenvalue weighted by Crippen LogP contribution is 2.25. The molecule has 98 valence electrons. The van der Waals surface area contributed by atoms with Crippen LogP contribution in [0.15, 0.2) is 40.9 Å². The predicted molar refractivity (Wildman–Crippen MR) is 83.0 cm³/mol. The van der Waals surface area contributed by atoms with Crippen LogP contribution >= 0.6 is 39.1 Å². The summed E-state index contributed by atoms with van der Waals surface area (Å²) >= 11 is 15.0. The fraction of sp³-hybridized carbons (Fsp3) is 0. The first-order valence-electron chi connectivity index (χ1n) is 5.29. The van der Waals surface area contributed by atoms with Crippen LogP contribution in [0.1, 0.15) is 10.4 Å². The molecule has 6 heteroatoms. The van der Waals surface area contributed by atoms with Crippen LogP contribution in [0.4, 0.5) is 11.4 Å². The molecule has 2 rings (SSSR count). The van der Waals surface area contributed by atoms with Crippen molar-refractivity contribution in [3.63, 3.8) is 0 Å². The highest BCUT2D eigenvalue weighted by molar-refractivity contribution is 9.10. The lowest BCUT2D eigenvalue weighted by Crippen LogP contribution is -2.13. The Morgan fingerprint density at radius 1 is 1.16 bits per heavy atom. The van der Waals surface area contributed by atoms with E-state index in [9.17, 15) is 4.79 Å². The van der Waals surface area contributed by atoms with E-state index in [1.54, 1.807) is 36.4 Å². The molecule has 0 heterocycles. The maximum atomic E-state index is 12.0. The van der Waals surface area contributed by atoms with Gasteiger partial charge in [0.1, 0.15) is 0 Å². The van der Waals surface area contributed by atoms with E-state index in [0.29, 0.717) is 27.0 Å². The molecule has 0 aromatic heterocycles. The van der Waals surface area contributed by atoms with Gasteiger partial charge in [-0.15, -0.1) is 0 Å². The van der Waals surface area contributed by atoms with E-state index >= 15 is 0 Å². The van der Waals surface area contributed by atoms with Gasteiger partial charge in [0.05, 0.1) is 16.4 Å². The summed E-state index contributed by atoms with van der Waals surface area (Å²) in [6.45, 7) is 0. The molecule has 0 unspecified atom stereocenters. The summed E-state index contributed by atoms with van der Waals surface area (Å²) in [5, 5.41) is 3.69. The first-order valence-corrected chi connectivity index (χ1v) is 6.83. The van der Waals surface area contributed by atoms with E-state index in [2.05, 4.69) is 21.2 Å². The van der Waals surface area contributed by atoms with Crippen LogP contribution in [-0.4, -0.2) is 5.91 Å². The number of carbonyl (C=O) groups excluding carboxylic acids is 1. The van der Waals surface area contributed by atoms with Crippen molar-refractivity contribution in [2.75, 3.05) is 11.1 Å². The molecule has 0 fully saturated rings. The standard InChI is InChI=1S/C13H9BrCl2N2O/c14-9-3-1-7(5-10(9)16)13(19)18-12-4-2-8(15)6-11(12)17/h1-6H,17H2,(H,18,19). The normalized spacial score (nSPS) is 10.3. The summed E-state index contributed by atoms with van der Waals surface area (Å²) in [6, 6.07) is 9.83. The third-order valence-electron chi connectivity index (χ3n) is 2.44. The van der Waals surface area contributed by atoms with Gasteiger partial charge in [0, 0.05) is 15.1 Å². The molecule has 0 atom stereocenters. The number of nitrogens with one attached hydrogen (secondary N) is 1. The van der Waals surface area contributed by atoms with Crippen molar-refractivity contribution in [1.82, 2.24) is 0 Å². The van der Waals surface area contributed by atoms with Gasteiger partial charge in [-0.25, -0.2) is 0 Å². The van der Waals surface area contributed by atoms with E-state index < -0.39 is 0 Å². The highest BCUT2D eigenvalue weighted by Gasteiger charge is 2.10. The molecule has 0 saturated heterocycles. The zero-order valence-electron chi connectivity index (χ0n) is 9.58. The number of halogens is 3. The van der Waals surface area contributed by atoms with Gasteiger partial charge in [0.25, 0.3) is 5.91 Å². The smallest absolute Gasteiger partial charge is 0.255 e.